The van der Waals surface area contributed by atoms with E-state index in [9.17, 15) is 14.7 Å². The maximum atomic E-state index is 12.3. The molecule has 1 fully saturated rings. The van der Waals surface area contributed by atoms with E-state index in [0.29, 0.717) is 12.8 Å². The van der Waals surface area contributed by atoms with Crippen LogP contribution in [0.2, 0.25) is 0 Å². The van der Waals surface area contributed by atoms with Crippen LogP contribution < -0.4 is 5.32 Å². The molecule has 0 spiro atoms. The molecule has 2 N–H and O–H groups in total. The zero-order valence-electron chi connectivity index (χ0n) is 12.6. The molecule has 0 saturated heterocycles. The SMILES string of the molecule is CCC(CC)(CNC(=O)C1CCCC1(C)C)C(=O)O. The molecular weight excluding hydrogens is 242 g/mol. The molecule has 1 aliphatic rings. The molecule has 1 unspecified atom stereocenters. The average molecular weight is 269 g/mol. The van der Waals surface area contributed by atoms with E-state index in [1.165, 1.54) is 0 Å². The number of carbonyl (C=O) groups is 2. The topological polar surface area (TPSA) is 66.4 Å². The molecule has 4 nitrogen and oxygen atoms in total. The monoisotopic (exact) mass is 269 g/mol. The summed E-state index contributed by atoms with van der Waals surface area (Å²) in [5, 5.41) is 12.2. The van der Waals surface area contributed by atoms with Crippen LogP contribution in [0.4, 0.5) is 0 Å². The average Bonchev–Trinajstić information content (AvgIpc) is 2.70. The van der Waals surface area contributed by atoms with Crippen molar-refractivity contribution in [1.82, 2.24) is 5.32 Å². The second-order valence-corrected chi connectivity index (χ2v) is 6.44. The van der Waals surface area contributed by atoms with Gasteiger partial charge >= 0.3 is 5.97 Å². The lowest BCUT2D eigenvalue weighted by atomic mass is 9.80. The van der Waals surface area contributed by atoms with Gasteiger partial charge in [0.1, 0.15) is 0 Å². The van der Waals surface area contributed by atoms with Gasteiger partial charge in [-0.2, -0.15) is 0 Å². The second kappa shape index (κ2) is 5.93. The highest BCUT2D eigenvalue weighted by molar-refractivity contribution is 5.81. The smallest absolute Gasteiger partial charge is 0.311 e. The molecule has 1 rings (SSSR count). The fourth-order valence-corrected chi connectivity index (χ4v) is 3.07. The van der Waals surface area contributed by atoms with Crippen molar-refractivity contribution in [3.05, 3.63) is 0 Å². The van der Waals surface area contributed by atoms with Crippen LogP contribution in [0.3, 0.4) is 0 Å². The van der Waals surface area contributed by atoms with Crippen molar-refractivity contribution in [2.75, 3.05) is 6.54 Å². The van der Waals surface area contributed by atoms with Crippen LogP contribution in [0.15, 0.2) is 0 Å². The van der Waals surface area contributed by atoms with Crippen molar-refractivity contribution in [3.8, 4) is 0 Å². The Kier molecular flexibility index (Phi) is 4.99. The Morgan fingerprint density at radius 2 is 1.89 bits per heavy atom. The summed E-state index contributed by atoms with van der Waals surface area (Å²) in [6, 6.07) is 0. The summed E-state index contributed by atoms with van der Waals surface area (Å²) < 4.78 is 0. The van der Waals surface area contributed by atoms with Crippen molar-refractivity contribution < 1.29 is 14.7 Å². The Bertz CT molecular complexity index is 345. The fourth-order valence-electron chi connectivity index (χ4n) is 3.07. The van der Waals surface area contributed by atoms with E-state index in [1.54, 1.807) is 0 Å². The van der Waals surface area contributed by atoms with Gasteiger partial charge in [-0.3, -0.25) is 9.59 Å². The Morgan fingerprint density at radius 1 is 1.32 bits per heavy atom. The van der Waals surface area contributed by atoms with Gasteiger partial charge in [0.2, 0.25) is 5.91 Å². The third kappa shape index (κ3) is 3.28. The largest absolute Gasteiger partial charge is 0.481 e. The van der Waals surface area contributed by atoms with E-state index >= 15 is 0 Å². The lowest BCUT2D eigenvalue weighted by Crippen LogP contribution is -2.45. The van der Waals surface area contributed by atoms with Crippen molar-refractivity contribution >= 4 is 11.9 Å². The van der Waals surface area contributed by atoms with Gasteiger partial charge < -0.3 is 10.4 Å². The van der Waals surface area contributed by atoms with Crippen LogP contribution in [-0.4, -0.2) is 23.5 Å². The number of amides is 1. The molecule has 0 aromatic rings. The Hall–Kier alpha value is -1.06. The summed E-state index contributed by atoms with van der Waals surface area (Å²) in [5.41, 5.74) is -0.785. The molecule has 4 heteroatoms. The maximum absolute atomic E-state index is 12.3. The summed E-state index contributed by atoms with van der Waals surface area (Å²) in [6.07, 6.45) is 4.13. The number of carboxylic acid groups (broad SMARTS) is 1. The van der Waals surface area contributed by atoms with Gasteiger partial charge in [-0.05, 0) is 31.1 Å². The molecule has 1 atom stereocenters. The van der Waals surface area contributed by atoms with Crippen molar-refractivity contribution in [2.45, 2.75) is 59.8 Å². The second-order valence-electron chi connectivity index (χ2n) is 6.44. The van der Waals surface area contributed by atoms with Gasteiger partial charge in [0.05, 0.1) is 5.41 Å². The van der Waals surface area contributed by atoms with Gasteiger partial charge in [0, 0.05) is 12.5 Å². The lowest BCUT2D eigenvalue weighted by molar-refractivity contribution is -0.149. The Balaban J connectivity index is 2.65. The predicted molar refractivity (Wildman–Crippen MR) is 74.8 cm³/mol. The van der Waals surface area contributed by atoms with Crippen LogP contribution >= 0.6 is 0 Å². The molecule has 1 saturated carbocycles. The predicted octanol–water partition coefficient (Wildman–Crippen LogP) is 2.82. The highest BCUT2D eigenvalue weighted by Gasteiger charge is 2.41. The normalized spacial score (nSPS) is 22.2. The number of hydrogen-bond acceptors (Lipinski definition) is 2. The minimum atomic E-state index is -0.821. The highest BCUT2D eigenvalue weighted by Crippen LogP contribution is 2.42. The third-order valence-corrected chi connectivity index (χ3v) is 4.98. The maximum Gasteiger partial charge on any atom is 0.311 e. The number of carboxylic acids is 1. The van der Waals surface area contributed by atoms with Crippen molar-refractivity contribution in [1.29, 1.82) is 0 Å². The first-order valence-corrected chi connectivity index (χ1v) is 7.30. The molecule has 0 aromatic carbocycles. The molecule has 0 radical (unpaired) electrons. The quantitative estimate of drug-likeness (QED) is 0.779. The number of nitrogens with one attached hydrogen (secondary N) is 1. The minimum absolute atomic E-state index is 0.0210. The number of carbonyl (C=O) groups excluding carboxylic acids is 1. The minimum Gasteiger partial charge on any atom is -0.481 e. The van der Waals surface area contributed by atoms with Crippen LogP contribution in [0.5, 0.6) is 0 Å². The molecule has 0 aliphatic heterocycles. The van der Waals surface area contributed by atoms with Gasteiger partial charge in [-0.1, -0.05) is 34.1 Å². The Labute approximate surface area is 116 Å². The Morgan fingerprint density at radius 3 is 2.26 bits per heavy atom. The van der Waals surface area contributed by atoms with Crippen LogP contribution in [0.1, 0.15) is 59.8 Å². The highest BCUT2D eigenvalue weighted by atomic mass is 16.4. The van der Waals surface area contributed by atoms with E-state index in [0.717, 1.165) is 19.3 Å². The van der Waals surface area contributed by atoms with E-state index < -0.39 is 11.4 Å². The van der Waals surface area contributed by atoms with Crippen LogP contribution in [0.25, 0.3) is 0 Å². The van der Waals surface area contributed by atoms with Crippen LogP contribution in [-0.2, 0) is 9.59 Å². The third-order valence-electron chi connectivity index (χ3n) is 4.98. The first kappa shape index (κ1) is 16.0. The zero-order valence-corrected chi connectivity index (χ0v) is 12.6. The molecular formula is C15H27NO3. The van der Waals surface area contributed by atoms with Crippen molar-refractivity contribution in [3.63, 3.8) is 0 Å². The summed E-state index contributed by atoms with van der Waals surface area (Å²) >= 11 is 0. The molecule has 0 heterocycles. The van der Waals surface area contributed by atoms with Gasteiger partial charge in [-0.25, -0.2) is 0 Å². The van der Waals surface area contributed by atoms with Crippen molar-refractivity contribution in [2.24, 2.45) is 16.7 Å². The van der Waals surface area contributed by atoms with Gasteiger partial charge in [0.25, 0.3) is 0 Å². The standard InChI is InChI=1S/C15H27NO3/c1-5-15(6-2,13(18)19)10-16-12(17)11-8-7-9-14(11,3)4/h11H,5-10H2,1-4H3,(H,16,17)(H,18,19). The summed E-state index contributed by atoms with van der Waals surface area (Å²) in [7, 11) is 0. The molecule has 19 heavy (non-hydrogen) atoms. The van der Waals surface area contributed by atoms with E-state index in [2.05, 4.69) is 19.2 Å². The van der Waals surface area contributed by atoms with E-state index in [4.69, 9.17) is 0 Å². The van der Waals surface area contributed by atoms with Gasteiger partial charge in [-0.15, -0.1) is 0 Å². The van der Waals surface area contributed by atoms with Gasteiger partial charge in [0.15, 0.2) is 0 Å². The summed E-state index contributed by atoms with van der Waals surface area (Å²) in [6.45, 7) is 8.20. The van der Waals surface area contributed by atoms with E-state index in [-0.39, 0.29) is 23.8 Å². The first-order chi connectivity index (χ1) is 8.79. The molecule has 110 valence electrons. The zero-order chi connectivity index (χ0) is 14.7. The first-order valence-electron chi connectivity index (χ1n) is 7.30. The summed E-state index contributed by atoms with van der Waals surface area (Å²) in [4.78, 5) is 23.7. The molecule has 0 aromatic heterocycles. The van der Waals surface area contributed by atoms with E-state index in [1.807, 2.05) is 13.8 Å². The molecule has 1 aliphatic carbocycles. The fraction of sp³-hybridized carbons (Fsp3) is 0.867. The summed E-state index contributed by atoms with van der Waals surface area (Å²) in [5.74, 6) is -0.772. The number of hydrogen-bond donors (Lipinski definition) is 2. The number of rotatable bonds is 6. The van der Waals surface area contributed by atoms with Crippen LogP contribution in [0, 0.1) is 16.7 Å². The number of aliphatic carboxylic acids is 1. The molecule has 0 bridgehead atoms. The lowest BCUT2D eigenvalue weighted by Gasteiger charge is -2.30. The molecule has 1 amide bonds.